The zero-order chi connectivity index (χ0) is 12.4. The number of benzene rings is 2. The Kier molecular flexibility index (Phi) is 3.87. The summed E-state index contributed by atoms with van der Waals surface area (Å²) in [5.41, 5.74) is 1.13. The number of hydrogen-bond acceptors (Lipinski definition) is 1. The van der Waals surface area contributed by atoms with Crippen molar-refractivity contribution in [2.45, 2.75) is 0 Å². The Hall–Kier alpha value is -0.830. The van der Waals surface area contributed by atoms with Crippen LogP contribution >= 0.6 is 39.1 Å². The van der Waals surface area contributed by atoms with Crippen LogP contribution in [0.2, 0.25) is 10.0 Å². The number of ketones is 1. The molecule has 0 saturated heterocycles. The van der Waals surface area contributed by atoms with Gasteiger partial charge in [0.05, 0.1) is 5.02 Å². The van der Waals surface area contributed by atoms with Crippen LogP contribution in [0.5, 0.6) is 0 Å². The molecule has 0 aromatic heterocycles. The minimum Gasteiger partial charge on any atom is -0.289 e. The molecule has 0 atom stereocenters. The standard InChI is InChI=1S/C13H7BrCl2O/c14-11-7-9(4-5-12(11)16)13(17)8-2-1-3-10(15)6-8/h1-7H. The molecule has 0 spiro atoms. The number of hydrogen-bond donors (Lipinski definition) is 0. The van der Waals surface area contributed by atoms with E-state index in [2.05, 4.69) is 15.9 Å². The Morgan fingerprint density at radius 1 is 1.00 bits per heavy atom. The lowest BCUT2D eigenvalue weighted by Crippen LogP contribution is -2.00. The van der Waals surface area contributed by atoms with Gasteiger partial charge in [-0.25, -0.2) is 0 Å². The van der Waals surface area contributed by atoms with Gasteiger partial charge in [-0.15, -0.1) is 0 Å². The first-order chi connectivity index (χ1) is 8.08. The molecular weight excluding hydrogens is 323 g/mol. The zero-order valence-electron chi connectivity index (χ0n) is 8.58. The largest absolute Gasteiger partial charge is 0.289 e. The normalized spacial score (nSPS) is 10.3. The molecule has 2 aromatic rings. The Bertz CT molecular complexity index is 581. The van der Waals surface area contributed by atoms with Gasteiger partial charge in [0.15, 0.2) is 5.78 Å². The second-order valence-corrected chi connectivity index (χ2v) is 5.17. The van der Waals surface area contributed by atoms with Crippen molar-refractivity contribution in [3.63, 3.8) is 0 Å². The summed E-state index contributed by atoms with van der Waals surface area (Å²) in [5.74, 6) is -0.0788. The van der Waals surface area contributed by atoms with E-state index in [-0.39, 0.29) is 5.78 Å². The fourth-order valence-electron chi connectivity index (χ4n) is 1.43. The molecule has 0 saturated carbocycles. The van der Waals surface area contributed by atoms with E-state index in [9.17, 15) is 4.79 Å². The third kappa shape index (κ3) is 2.89. The molecule has 0 aliphatic heterocycles. The predicted octanol–water partition coefficient (Wildman–Crippen LogP) is 4.99. The molecule has 0 unspecified atom stereocenters. The van der Waals surface area contributed by atoms with Crippen LogP contribution in [-0.2, 0) is 0 Å². The van der Waals surface area contributed by atoms with Crippen LogP contribution in [-0.4, -0.2) is 5.78 Å². The summed E-state index contributed by atoms with van der Waals surface area (Å²) >= 11 is 15.0. The molecule has 1 nitrogen and oxygen atoms in total. The molecule has 0 radical (unpaired) electrons. The molecule has 0 bridgehead atoms. The Morgan fingerprint density at radius 2 is 1.71 bits per heavy atom. The minimum absolute atomic E-state index is 0.0788. The van der Waals surface area contributed by atoms with Gasteiger partial charge in [0.25, 0.3) is 0 Å². The lowest BCUT2D eigenvalue weighted by atomic mass is 10.0. The van der Waals surface area contributed by atoms with E-state index in [1.165, 1.54) is 0 Å². The first-order valence-corrected chi connectivity index (χ1v) is 6.38. The van der Waals surface area contributed by atoms with Crippen molar-refractivity contribution in [2.75, 3.05) is 0 Å². The van der Waals surface area contributed by atoms with Gasteiger partial charge >= 0.3 is 0 Å². The molecule has 0 aliphatic carbocycles. The van der Waals surface area contributed by atoms with Crippen LogP contribution in [0.3, 0.4) is 0 Å². The van der Waals surface area contributed by atoms with Gasteiger partial charge < -0.3 is 0 Å². The summed E-state index contributed by atoms with van der Waals surface area (Å²) < 4.78 is 0.701. The van der Waals surface area contributed by atoms with Gasteiger partial charge in [-0.2, -0.15) is 0 Å². The van der Waals surface area contributed by atoms with Crippen molar-refractivity contribution >= 4 is 44.9 Å². The van der Waals surface area contributed by atoms with E-state index in [4.69, 9.17) is 23.2 Å². The van der Waals surface area contributed by atoms with Crippen LogP contribution in [0.15, 0.2) is 46.9 Å². The fourth-order valence-corrected chi connectivity index (χ4v) is 2.12. The van der Waals surface area contributed by atoms with E-state index in [0.717, 1.165) is 0 Å². The lowest BCUT2D eigenvalue weighted by Gasteiger charge is -2.03. The molecular formula is C13H7BrCl2O. The van der Waals surface area contributed by atoms with E-state index < -0.39 is 0 Å². The number of halogens is 3. The second-order valence-electron chi connectivity index (χ2n) is 3.47. The molecule has 0 N–H and O–H groups in total. The second kappa shape index (κ2) is 5.21. The van der Waals surface area contributed by atoms with E-state index in [1.54, 1.807) is 42.5 Å². The van der Waals surface area contributed by atoms with Crippen LogP contribution in [0.1, 0.15) is 15.9 Å². The van der Waals surface area contributed by atoms with Gasteiger partial charge in [0.1, 0.15) is 0 Å². The van der Waals surface area contributed by atoms with Crippen molar-refractivity contribution in [3.8, 4) is 0 Å². The topological polar surface area (TPSA) is 17.1 Å². The Balaban J connectivity index is 2.40. The molecule has 17 heavy (non-hydrogen) atoms. The summed E-state index contributed by atoms with van der Waals surface area (Å²) in [5, 5.41) is 1.12. The summed E-state index contributed by atoms with van der Waals surface area (Å²) in [7, 11) is 0. The van der Waals surface area contributed by atoms with Crippen LogP contribution < -0.4 is 0 Å². The first-order valence-electron chi connectivity index (χ1n) is 4.83. The first kappa shape index (κ1) is 12.6. The summed E-state index contributed by atoms with van der Waals surface area (Å²) in [6, 6.07) is 11.9. The lowest BCUT2D eigenvalue weighted by molar-refractivity contribution is 0.103. The van der Waals surface area contributed by atoms with Gasteiger partial charge in [0.2, 0.25) is 0 Å². The summed E-state index contributed by atoms with van der Waals surface area (Å²) in [6.45, 7) is 0. The van der Waals surface area contributed by atoms with Gasteiger partial charge in [0, 0.05) is 20.6 Å². The van der Waals surface area contributed by atoms with Gasteiger partial charge in [-0.1, -0.05) is 35.3 Å². The molecule has 0 fully saturated rings. The maximum atomic E-state index is 12.1. The SMILES string of the molecule is O=C(c1cccc(Cl)c1)c1ccc(Cl)c(Br)c1. The van der Waals surface area contributed by atoms with Gasteiger partial charge in [-0.05, 0) is 46.3 Å². The highest BCUT2D eigenvalue weighted by Crippen LogP contribution is 2.24. The molecule has 0 amide bonds. The van der Waals surface area contributed by atoms with Crippen molar-refractivity contribution in [1.82, 2.24) is 0 Å². The number of rotatable bonds is 2. The fraction of sp³-hybridized carbons (Fsp3) is 0. The van der Waals surface area contributed by atoms with Crippen molar-refractivity contribution in [2.24, 2.45) is 0 Å². The molecule has 86 valence electrons. The third-order valence-corrected chi connectivity index (χ3v) is 3.72. The molecule has 0 aliphatic rings. The predicted molar refractivity (Wildman–Crippen MR) is 74.0 cm³/mol. The highest BCUT2D eigenvalue weighted by Gasteiger charge is 2.10. The number of carbonyl (C=O) groups is 1. The maximum Gasteiger partial charge on any atom is 0.193 e. The summed E-state index contributed by atoms with van der Waals surface area (Å²) in [4.78, 5) is 12.1. The molecule has 0 heterocycles. The smallest absolute Gasteiger partial charge is 0.193 e. The van der Waals surface area contributed by atoms with Crippen molar-refractivity contribution in [3.05, 3.63) is 68.1 Å². The highest BCUT2D eigenvalue weighted by atomic mass is 79.9. The average Bonchev–Trinajstić information content (AvgIpc) is 2.32. The van der Waals surface area contributed by atoms with E-state index in [0.29, 0.717) is 25.6 Å². The third-order valence-electron chi connectivity index (χ3n) is 2.27. The molecule has 4 heteroatoms. The maximum absolute atomic E-state index is 12.1. The van der Waals surface area contributed by atoms with E-state index in [1.807, 2.05) is 0 Å². The molecule has 2 rings (SSSR count). The molecule has 2 aromatic carbocycles. The minimum atomic E-state index is -0.0788. The highest BCUT2D eigenvalue weighted by molar-refractivity contribution is 9.10. The average molecular weight is 330 g/mol. The Labute approximate surface area is 117 Å². The van der Waals surface area contributed by atoms with Crippen molar-refractivity contribution in [1.29, 1.82) is 0 Å². The quantitative estimate of drug-likeness (QED) is 0.709. The van der Waals surface area contributed by atoms with E-state index >= 15 is 0 Å². The number of carbonyl (C=O) groups excluding carboxylic acids is 1. The Morgan fingerprint density at radius 3 is 2.35 bits per heavy atom. The van der Waals surface area contributed by atoms with Crippen LogP contribution in [0.25, 0.3) is 0 Å². The summed E-state index contributed by atoms with van der Waals surface area (Å²) in [6.07, 6.45) is 0. The van der Waals surface area contributed by atoms with Crippen LogP contribution in [0, 0.1) is 0 Å². The van der Waals surface area contributed by atoms with Crippen LogP contribution in [0.4, 0.5) is 0 Å². The van der Waals surface area contributed by atoms with Gasteiger partial charge in [-0.3, -0.25) is 4.79 Å². The van der Waals surface area contributed by atoms with Crippen molar-refractivity contribution < 1.29 is 4.79 Å². The monoisotopic (exact) mass is 328 g/mol. The zero-order valence-corrected chi connectivity index (χ0v) is 11.7.